The Morgan fingerprint density at radius 3 is 2.78 bits per heavy atom. The lowest BCUT2D eigenvalue weighted by Gasteiger charge is -2.24. The summed E-state index contributed by atoms with van der Waals surface area (Å²) in [5.41, 5.74) is 2.04. The molecule has 0 bridgehead atoms. The largest absolute Gasteiger partial charge is 0.373 e. The minimum atomic E-state index is -0.0951. The van der Waals surface area contributed by atoms with Gasteiger partial charge < -0.3 is 10.2 Å². The fraction of sp³-hybridized carbons (Fsp3) is 0.438. The van der Waals surface area contributed by atoms with Crippen LogP contribution in [0.1, 0.15) is 46.6 Å². The SMILES string of the molecule is CNc1cc([C@H]2CCCN2C(=O)c2cnc(C)cn2)nc(C)n1. The average molecular weight is 312 g/mol. The number of aryl methyl sites for hydroxylation is 2. The topological polar surface area (TPSA) is 83.9 Å². The molecule has 0 radical (unpaired) electrons. The fourth-order valence-corrected chi connectivity index (χ4v) is 2.86. The van der Waals surface area contributed by atoms with E-state index in [9.17, 15) is 4.79 Å². The standard InChI is InChI=1S/C16H20N6O/c1-10-8-19-13(9-18-10)16(23)22-6-4-5-14(22)12-7-15(17-3)21-11(2)20-12/h7-9,14H,4-6H2,1-3H3,(H,17,20,21)/t14-/m1/s1. The number of nitrogens with zero attached hydrogens (tertiary/aromatic N) is 5. The fourth-order valence-electron chi connectivity index (χ4n) is 2.86. The van der Waals surface area contributed by atoms with Crippen molar-refractivity contribution in [3.8, 4) is 0 Å². The summed E-state index contributed by atoms with van der Waals surface area (Å²) in [7, 11) is 1.82. The van der Waals surface area contributed by atoms with E-state index in [1.165, 1.54) is 6.20 Å². The minimum Gasteiger partial charge on any atom is -0.373 e. The summed E-state index contributed by atoms with van der Waals surface area (Å²) in [6.07, 6.45) is 5.00. The van der Waals surface area contributed by atoms with Crippen LogP contribution < -0.4 is 5.32 Å². The summed E-state index contributed by atoms with van der Waals surface area (Å²) in [6, 6.07) is 1.86. The van der Waals surface area contributed by atoms with E-state index < -0.39 is 0 Å². The first-order chi connectivity index (χ1) is 11.1. The second kappa shape index (κ2) is 6.28. The molecule has 7 nitrogen and oxygen atoms in total. The first kappa shape index (κ1) is 15.3. The Labute approximate surface area is 135 Å². The highest BCUT2D eigenvalue weighted by atomic mass is 16.2. The molecule has 1 amide bonds. The van der Waals surface area contributed by atoms with Crippen LogP contribution in [-0.4, -0.2) is 44.3 Å². The summed E-state index contributed by atoms with van der Waals surface area (Å²) >= 11 is 0. The predicted molar refractivity (Wildman–Crippen MR) is 86.1 cm³/mol. The lowest BCUT2D eigenvalue weighted by Crippen LogP contribution is -2.32. The van der Waals surface area contributed by atoms with Gasteiger partial charge in [-0.1, -0.05) is 0 Å². The molecule has 23 heavy (non-hydrogen) atoms. The van der Waals surface area contributed by atoms with E-state index in [4.69, 9.17) is 0 Å². The summed E-state index contributed by atoms with van der Waals surface area (Å²) < 4.78 is 0. The van der Waals surface area contributed by atoms with Gasteiger partial charge in [-0.3, -0.25) is 9.78 Å². The van der Waals surface area contributed by atoms with Crippen LogP contribution in [-0.2, 0) is 0 Å². The van der Waals surface area contributed by atoms with Crippen LogP contribution in [0.4, 0.5) is 5.82 Å². The molecule has 1 fully saturated rings. The molecule has 0 unspecified atom stereocenters. The molecule has 0 aromatic carbocycles. The molecule has 1 saturated heterocycles. The van der Waals surface area contributed by atoms with Crippen molar-refractivity contribution in [2.45, 2.75) is 32.7 Å². The molecule has 2 aromatic rings. The first-order valence-electron chi connectivity index (χ1n) is 7.71. The molecule has 0 aliphatic carbocycles. The monoisotopic (exact) mass is 312 g/mol. The highest BCUT2D eigenvalue weighted by Crippen LogP contribution is 2.32. The van der Waals surface area contributed by atoms with Crippen LogP contribution in [0.2, 0.25) is 0 Å². The number of hydrogen-bond donors (Lipinski definition) is 1. The molecular weight excluding hydrogens is 292 g/mol. The van der Waals surface area contributed by atoms with E-state index >= 15 is 0 Å². The van der Waals surface area contributed by atoms with Gasteiger partial charge in [-0.15, -0.1) is 0 Å². The Morgan fingerprint density at radius 1 is 1.26 bits per heavy atom. The molecule has 0 spiro atoms. The van der Waals surface area contributed by atoms with Crippen LogP contribution in [0, 0.1) is 13.8 Å². The predicted octanol–water partition coefficient (Wildman–Crippen LogP) is 1.90. The van der Waals surface area contributed by atoms with Gasteiger partial charge >= 0.3 is 0 Å². The van der Waals surface area contributed by atoms with Gasteiger partial charge in [-0.05, 0) is 26.7 Å². The van der Waals surface area contributed by atoms with Crippen molar-refractivity contribution < 1.29 is 4.79 Å². The van der Waals surface area contributed by atoms with E-state index in [1.807, 2.05) is 31.9 Å². The Morgan fingerprint density at radius 2 is 2.09 bits per heavy atom. The number of hydrogen-bond acceptors (Lipinski definition) is 6. The van der Waals surface area contributed by atoms with Crippen LogP contribution in [0.5, 0.6) is 0 Å². The molecule has 2 aromatic heterocycles. The van der Waals surface area contributed by atoms with Gasteiger partial charge in [0.1, 0.15) is 17.3 Å². The zero-order valence-corrected chi connectivity index (χ0v) is 13.6. The Bertz CT molecular complexity index is 715. The highest BCUT2D eigenvalue weighted by Gasteiger charge is 2.32. The zero-order valence-electron chi connectivity index (χ0n) is 13.6. The molecule has 7 heteroatoms. The Balaban J connectivity index is 1.89. The van der Waals surface area contributed by atoms with Crippen molar-refractivity contribution in [2.24, 2.45) is 0 Å². The van der Waals surface area contributed by atoms with Crippen molar-refractivity contribution in [3.05, 3.63) is 41.4 Å². The van der Waals surface area contributed by atoms with Crippen LogP contribution >= 0.6 is 0 Å². The number of anilines is 1. The summed E-state index contributed by atoms with van der Waals surface area (Å²) in [6.45, 7) is 4.41. The quantitative estimate of drug-likeness (QED) is 0.932. The maximum absolute atomic E-state index is 12.7. The second-order valence-corrected chi connectivity index (χ2v) is 5.67. The first-order valence-corrected chi connectivity index (χ1v) is 7.71. The molecule has 1 aliphatic rings. The van der Waals surface area contributed by atoms with Gasteiger partial charge in [0.15, 0.2) is 0 Å². The van der Waals surface area contributed by atoms with Crippen molar-refractivity contribution in [1.82, 2.24) is 24.8 Å². The third-order valence-corrected chi connectivity index (χ3v) is 3.97. The number of carbonyl (C=O) groups is 1. The molecule has 1 atom stereocenters. The molecule has 1 N–H and O–H groups in total. The van der Waals surface area contributed by atoms with Gasteiger partial charge in [0.2, 0.25) is 0 Å². The molecule has 1 aliphatic heterocycles. The third-order valence-electron chi connectivity index (χ3n) is 3.97. The van der Waals surface area contributed by atoms with Crippen LogP contribution in [0.25, 0.3) is 0 Å². The van der Waals surface area contributed by atoms with Gasteiger partial charge in [-0.2, -0.15) is 0 Å². The Kier molecular flexibility index (Phi) is 4.18. The summed E-state index contributed by atoms with van der Waals surface area (Å²) in [5, 5.41) is 3.04. The van der Waals surface area contributed by atoms with Gasteiger partial charge in [0.05, 0.1) is 23.6 Å². The minimum absolute atomic E-state index is 0.0422. The number of nitrogens with one attached hydrogen (secondary N) is 1. The van der Waals surface area contributed by atoms with E-state index in [2.05, 4.69) is 25.3 Å². The third kappa shape index (κ3) is 3.13. The molecule has 120 valence electrons. The molecular formula is C16H20N6O. The number of amides is 1. The molecule has 3 heterocycles. The van der Waals surface area contributed by atoms with E-state index in [0.717, 1.165) is 30.0 Å². The van der Waals surface area contributed by atoms with Crippen molar-refractivity contribution in [1.29, 1.82) is 0 Å². The molecule has 3 rings (SSSR count). The molecule has 0 saturated carbocycles. The Hall–Kier alpha value is -2.57. The summed E-state index contributed by atoms with van der Waals surface area (Å²) in [4.78, 5) is 31.8. The maximum Gasteiger partial charge on any atom is 0.274 e. The average Bonchev–Trinajstić information content (AvgIpc) is 3.04. The lowest BCUT2D eigenvalue weighted by molar-refractivity contribution is 0.0726. The summed E-state index contributed by atoms with van der Waals surface area (Å²) in [5.74, 6) is 1.37. The van der Waals surface area contributed by atoms with Gasteiger partial charge in [0, 0.05) is 25.9 Å². The number of rotatable bonds is 3. The van der Waals surface area contributed by atoms with E-state index in [1.54, 1.807) is 6.20 Å². The smallest absolute Gasteiger partial charge is 0.274 e. The normalized spacial score (nSPS) is 17.3. The zero-order chi connectivity index (χ0) is 16.4. The highest BCUT2D eigenvalue weighted by molar-refractivity contribution is 5.92. The van der Waals surface area contributed by atoms with Crippen LogP contribution in [0.3, 0.4) is 0 Å². The maximum atomic E-state index is 12.7. The van der Waals surface area contributed by atoms with Crippen molar-refractivity contribution in [2.75, 3.05) is 18.9 Å². The van der Waals surface area contributed by atoms with E-state index in [0.29, 0.717) is 18.1 Å². The van der Waals surface area contributed by atoms with E-state index in [-0.39, 0.29) is 11.9 Å². The van der Waals surface area contributed by atoms with Crippen molar-refractivity contribution >= 4 is 11.7 Å². The van der Waals surface area contributed by atoms with Crippen molar-refractivity contribution in [3.63, 3.8) is 0 Å². The number of carbonyl (C=O) groups excluding carboxylic acids is 1. The second-order valence-electron chi connectivity index (χ2n) is 5.67. The lowest BCUT2D eigenvalue weighted by atomic mass is 10.1. The van der Waals surface area contributed by atoms with Crippen LogP contribution in [0.15, 0.2) is 18.5 Å². The number of likely N-dealkylation sites (tertiary alicyclic amines) is 1. The van der Waals surface area contributed by atoms with Gasteiger partial charge in [-0.25, -0.2) is 15.0 Å². The number of aromatic nitrogens is 4. The van der Waals surface area contributed by atoms with Gasteiger partial charge in [0.25, 0.3) is 5.91 Å².